The summed E-state index contributed by atoms with van der Waals surface area (Å²) in [5.41, 5.74) is 0. The highest BCUT2D eigenvalue weighted by atomic mass is 32.2. The van der Waals surface area contributed by atoms with Gasteiger partial charge in [0.05, 0.1) is 0 Å². The van der Waals surface area contributed by atoms with Gasteiger partial charge in [-0.1, -0.05) is 6.92 Å². The van der Waals surface area contributed by atoms with Crippen molar-refractivity contribution in [3.8, 4) is 0 Å². The highest BCUT2D eigenvalue weighted by molar-refractivity contribution is 7.99. The summed E-state index contributed by atoms with van der Waals surface area (Å²) in [6, 6.07) is 1.63. The zero-order valence-corrected chi connectivity index (χ0v) is 10.7. The lowest BCUT2D eigenvalue weighted by Crippen LogP contribution is -2.47. The van der Waals surface area contributed by atoms with E-state index < -0.39 is 0 Å². The predicted octanol–water partition coefficient (Wildman–Crippen LogP) is 1.96. The molecule has 0 aromatic heterocycles. The Hall–Kier alpha value is 0.270. The van der Waals surface area contributed by atoms with Crippen LogP contribution in [0.3, 0.4) is 0 Å². The fourth-order valence-corrected chi connectivity index (χ4v) is 3.72. The molecule has 2 nitrogen and oxygen atoms in total. The van der Waals surface area contributed by atoms with Crippen LogP contribution in [-0.4, -0.2) is 48.1 Å². The van der Waals surface area contributed by atoms with Gasteiger partial charge in [0.1, 0.15) is 0 Å². The molecule has 2 aliphatic heterocycles. The van der Waals surface area contributed by atoms with E-state index in [-0.39, 0.29) is 0 Å². The van der Waals surface area contributed by atoms with E-state index in [0.717, 1.165) is 12.1 Å². The molecule has 0 amide bonds. The van der Waals surface area contributed by atoms with Crippen molar-refractivity contribution in [1.29, 1.82) is 0 Å². The first-order chi connectivity index (χ1) is 7.38. The summed E-state index contributed by atoms with van der Waals surface area (Å²) in [6.45, 7) is 6.10. The molecule has 1 N–H and O–H groups in total. The Morgan fingerprint density at radius 2 is 1.67 bits per heavy atom. The summed E-state index contributed by atoms with van der Waals surface area (Å²) >= 11 is 2.12. The number of nitrogens with one attached hydrogen (secondary N) is 1. The van der Waals surface area contributed by atoms with Crippen LogP contribution < -0.4 is 5.32 Å². The first-order valence-corrected chi connectivity index (χ1v) is 7.60. The van der Waals surface area contributed by atoms with Crippen LogP contribution >= 0.6 is 11.8 Å². The molecule has 0 atom stereocenters. The molecule has 0 radical (unpaired) electrons. The van der Waals surface area contributed by atoms with Gasteiger partial charge in [-0.25, -0.2) is 0 Å². The van der Waals surface area contributed by atoms with E-state index in [1.165, 1.54) is 56.8 Å². The molecule has 0 aromatic carbocycles. The fourth-order valence-electron chi connectivity index (χ4n) is 2.61. The first kappa shape index (κ1) is 11.7. The fraction of sp³-hybridized carbons (Fsp3) is 1.00. The maximum Gasteiger partial charge on any atom is 0.00940 e. The third-order valence-corrected chi connectivity index (χ3v) is 4.78. The van der Waals surface area contributed by atoms with E-state index in [1.54, 1.807) is 0 Å². The Labute approximate surface area is 98.2 Å². The van der Waals surface area contributed by atoms with Gasteiger partial charge < -0.3 is 10.2 Å². The number of hydrogen-bond acceptors (Lipinski definition) is 3. The molecule has 0 saturated carbocycles. The van der Waals surface area contributed by atoms with Crippen molar-refractivity contribution in [3.63, 3.8) is 0 Å². The average molecular weight is 228 g/mol. The first-order valence-electron chi connectivity index (χ1n) is 6.44. The third-order valence-electron chi connectivity index (χ3n) is 3.73. The van der Waals surface area contributed by atoms with Gasteiger partial charge in [0, 0.05) is 12.1 Å². The Morgan fingerprint density at radius 3 is 2.27 bits per heavy atom. The monoisotopic (exact) mass is 228 g/mol. The minimum Gasteiger partial charge on any atom is -0.311 e. The van der Waals surface area contributed by atoms with Crippen molar-refractivity contribution in [1.82, 2.24) is 10.2 Å². The number of piperidine rings is 1. The normalized spacial score (nSPS) is 27.0. The largest absolute Gasteiger partial charge is 0.311 e. The quantitative estimate of drug-likeness (QED) is 0.795. The van der Waals surface area contributed by atoms with Crippen LogP contribution in [0.25, 0.3) is 0 Å². The number of likely N-dealkylation sites (tertiary alicyclic amines) is 1. The maximum absolute atomic E-state index is 3.86. The molecule has 0 aromatic rings. The second kappa shape index (κ2) is 6.12. The van der Waals surface area contributed by atoms with Gasteiger partial charge in [0.2, 0.25) is 0 Å². The van der Waals surface area contributed by atoms with Crippen LogP contribution in [0.15, 0.2) is 0 Å². The summed E-state index contributed by atoms with van der Waals surface area (Å²) in [5, 5.41) is 3.86. The molecule has 2 heterocycles. The lowest BCUT2D eigenvalue weighted by atomic mass is 10.0. The van der Waals surface area contributed by atoms with Crippen LogP contribution in [0.1, 0.15) is 32.6 Å². The molecule has 2 rings (SSSR count). The minimum absolute atomic E-state index is 0.806. The summed E-state index contributed by atoms with van der Waals surface area (Å²) in [7, 11) is 0. The van der Waals surface area contributed by atoms with Crippen molar-refractivity contribution < 1.29 is 0 Å². The average Bonchev–Trinajstić information content (AvgIpc) is 2.31. The van der Waals surface area contributed by atoms with Crippen LogP contribution in [0.4, 0.5) is 0 Å². The number of thioether (sulfide) groups is 1. The van der Waals surface area contributed by atoms with Crippen molar-refractivity contribution in [2.24, 2.45) is 0 Å². The summed E-state index contributed by atoms with van der Waals surface area (Å²) in [5.74, 6) is 2.73. The van der Waals surface area contributed by atoms with Crippen molar-refractivity contribution in [2.75, 3.05) is 31.1 Å². The number of rotatable bonds is 3. The van der Waals surface area contributed by atoms with Gasteiger partial charge in [-0.15, -0.1) is 0 Å². The zero-order valence-electron chi connectivity index (χ0n) is 9.87. The van der Waals surface area contributed by atoms with Gasteiger partial charge in [0.25, 0.3) is 0 Å². The molecule has 0 spiro atoms. The standard InChI is InChI=1S/C12H24N2S/c1-2-14-7-3-11(4-8-14)13-12-5-9-15-10-6-12/h11-13H,2-10H2,1H3. The van der Waals surface area contributed by atoms with E-state index in [1.807, 2.05) is 0 Å². The summed E-state index contributed by atoms with van der Waals surface area (Å²) in [4.78, 5) is 2.56. The predicted molar refractivity (Wildman–Crippen MR) is 68.6 cm³/mol. The van der Waals surface area contributed by atoms with E-state index >= 15 is 0 Å². The van der Waals surface area contributed by atoms with Crippen molar-refractivity contribution >= 4 is 11.8 Å². The Bertz CT molecular complexity index is 172. The maximum atomic E-state index is 3.86. The molecule has 2 saturated heterocycles. The Kier molecular flexibility index (Phi) is 4.79. The SMILES string of the molecule is CCN1CCC(NC2CCSCC2)CC1. The van der Waals surface area contributed by atoms with E-state index in [9.17, 15) is 0 Å². The Morgan fingerprint density at radius 1 is 1.07 bits per heavy atom. The highest BCUT2D eigenvalue weighted by Crippen LogP contribution is 2.19. The molecule has 0 aliphatic carbocycles. The lowest BCUT2D eigenvalue weighted by Gasteiger charge is -2.35. The molecule has 88 valence electrons. The minimum atomic E-state index is 0.806. The molecule has 2 fully saturated rings. The van der Waals surface area contributed by atoms with E-state index in [4.69, 9.17) is 0 Å². The summed E-state index contributed by atoms with van der Waals surface area (Å²) < 4.78 is 0. The van der Waals surface area contributed by atoms with Crippen LogP contribution in [-0.2, 0) is 0 Å². The summed E-state index contributed by atoms with van der Waals surface area (Å²) in [6.07, 6.45) is 5.49. The second-order valence-corrected chi connectivity index (χ2v) is 5.99. The van der Waals surface area contributed by atoms with Gasteiger partial charge in [-0.2, -0.15) is 11.8 Å². The molecule has 3 heteroatoms. The molecular weight excluding hydrogens is 204 g/mol. The topological polar surface area (TPSA) is 15.3 Å². The molecule has 2 aliphatic rings. The van der Waals surface area contributed by atoms with Crippen molar-refractivity contribution in [2.45, 2.75) is 44.7 Å². The second-order valence-electron chi connectivity index (χ2n) is 4.76. The van der Waals surface area contributed by atoms with Gasteiger partial charge >= 0.3 is 0 Å². The highest BCUT2D eigenvalue weighted by Gasteiger charge is 2.21. The molecule has 15 heavy (non-hydrogen) atoms. The molecule has 0 bridgehead atoms. The van der Waals surface area contributed by atoms with Gasteiger partial charge in [-0.3, -0.25) is 0 Å². The third kappa shape index (κ3) is 3.65. The van der Waals surface area contributed by atoms with Crippen LogP contribution in [0, 0.1) is 0 Å². The molecule has 0 unspecified atom stereocenters. The van der Waals surface area contributed by atoms with E-state index in [0.29, 0.717) is 0 Å². The number of hydrogen-bond donors (Lipinski definition) is 1. The Balaban J connectivity index is 1.67. The van der Waals surface area contributed by atoms with Crippen LogP contribution in [0.5, 0.6) is 0 Å². The lowest BCUT2D eigenvalue weighted by molar-refractivity contribution is 0.197. The van der Waals surface area contributed by atoms with Crippen molar-refractivity contribution in [3.05, 3.63) is 0 Å². The zero-order chi connectivity index (χ0) is 10.5. The van der Waals surface area contributed by atoms with Crippen LogP contribution in [0.2, 0.25) is 0 Å². The van der Waals surface area contributed by atoms with E-state index in [2.05, 4.69) is 28.9 Å². The van der Waals surface area contributed by atoms with Gasteiger partial charge in [-0.05, 0) is 56.8 Å². The number of nitrogens with zero attached hydrogens (tertiary/aromatic N) is 1. The smallest absolute Gasteiger partial charge is 0.00940 e. The van der Waals surface area contributed by atoms with Gasteiger partial charge in [0.15, 0.2) is 0 Å². The molecular formula is C12H24N2S.